The maximum absolute atomic E-state index is 14.3. The van der Waals surface area contributed by atoms with E-state index in [0.29, 0.717) is 0 Å². The van der Waals surface area contributed by atoms with Crippen LogP contribution < -0.4 is 0 Å². The number of aryl methyl sites for hydroxylation is 1. The minimum atomic E-state index is -4.22. The Bertz CT molecular complexity index is 1720. The van der Waals surface area contributed by atoms with E-state index in [2.05, 4.69) is 0 Å². The minimum Gasteiger partial charge on any atom is -0.389 e. The van der Waals surface area contributed by atoms with E-state index >= 15 is 0 Å². The summed E-state index contributed by atoms with van der Waals surface area (Å²) in [5.74, 6) is 0. The summed E-state index contributed by atoms with van der Waals surface area (Å²) >= 11 is 0. The highest BCUT2D eigenvalue weighted by Gasteiger charge is 2.53. The van der Waals surface area contributed by atoms with Crippen molar-refractivity contribution in [1.29, 1.82) is 0 Å². The predicted octanol–water partition coefficient (Wildman–Crippen LogP) is 5.81. The van der Waals surface area contributed by atoms with Crippen LogP contribution in [0.3, 0.4) is 0 Å². The zero-order valence-corrected chi connectivity index (χ0v) is 26.8. The Morgan fingerprint density at radius 2 is 1.15 bits per heavy atom. The summed E-state index contributed by atoms with van der Waals surface area (Å²) in [5.41, 5.74) is 2.96. The Hall–Kier alpha value is -4.15. The van der Waals surface area contributed by atoms with Gasteiger partial charge in [0.15, 0.2) is 16.1 Å². The van der Waals surface area contributed by atoms with Crippen molar-refractivity contribution in [1.82, 2.24) is 0 Å². The zero-order chi connectivity index (χ0) is 32.9. The van der Waals surface area contributed by atoms with E-state index in [0.717, 1.165) is 27.8 Å². The molecule has 0 unspecified atom stereocenters. The van der Waals surface area contributed by atoms with E-state index in [4.69, 9.17) is 14.2 Å². The van der Waals surface area contributed by atoms with Crippen LogP contribution in [0.15, 0.2) is 150 Å². The highest BCUT2D eigenvalue weighted by Crippen LogP contribution is 2.42. The van der Waals surface area contributed by atoms with Crippen molar-refractivity contribution in [3.8, 4) is 0 Å². The highest BCUT2D eigenvalue weighted by molar-refractivity contribution is 7.92. The summed E-state index contributed by atoms with van der Waals surface area (Å²) in [4.78, 5) is 0.0272. The smallest absolute Gasteiger partial charge is 0.186 e. The van der Waals surface area contributed by atoms with Crippen molar-refractivity contribution in [2.75, 3.05) is 6.61 Å². The SMILES string of the molecule is Cc1ccc(S(=O)(=O)[C@@H]2[C@H](O)[C@@H](OCc3ccccc3)[C@@H](O)O[C@@H]2COC(c2ccccc2)(c2ccccc2)c2ccccc2)cc1. The van der Waals surface area contributed by atoms with Crippen LogP contribution in [-0.4, -0.2) is 55.1 Å². The van der Waals surface area contributed by atoms with Gasteiger partial charge in [0, 0.05) is 0 Å². The number of hydrogen-bond donors (Lipinski definition) is 2. The molecule has 1 heterocycles. The average molecular weight is 651 g/mol. The molecule has 5 atom stereocenters. The summed E-state index contributed by atoms with van der Waals surface area (Å²) in [6.45, 7) is 1.63. The monoisotopic (exact) mass is 650 g/mol. The van der Waals surface area contributed by atoms with Gasteiger partial charge in [0.1, 0.15) is 29.2 Å². The second kappa shape index (κ2) is 14.3. The molecule has 242 valence electrons. The zero-order valence-electron chi connectivity index (χ0n) is 26.0. The third-order valence-corrected chi connectivity index (χ3v) is 10.9. The van der Waals surface area contributed by atoms with Gasteiger partial charge < -0.3 is 24.4 Å². The van der Waals surface area contributed by atoms with Gasteiger partial charge in [0.05, 0.1) is 18.1 Å². The molecule has 0 aromatic heterocycles. The standard InChI is InChI=1S/C39H38O7S/c1-28-22-24-33(25-23-28)47(42,43)37-34(46-38(41)36(35(37)40)44-26-29-14-6-2-7-15-29)27-45-39(30-16-8-3-9-17-30,31-18-10-4-11-19-31)32-20-12-5-13-21-32/h2-25,34-38,40-41H,26-27H2,1H3/t34-,35-,36-,37+,38+/m1/s1. The minimum absolute atomic E-state index is 0.0272. The van der Waals surface area contributed by atoms with Crippen LogP contribution in [0.5, 0.6) is 0 Å². The van der Waals surface area contributed by atoms with Crippen molar-refractivity contribution in [2.45, 2.75) is 53.9 Å². The molecule has 7 nitrogen and oxygen atoms in total. The van der Waals surface area contributed by atoms with Gasteiger partial charge in [-0.25, -0.2) is 8.42 Å². The number of aliphatic hydroxyl groups is 2. The van der Waals surface area contributed by atoms with Crippen molar-refractivity contribution in [3.05, 3.63) is 173 Å². The van der Waals surface area contributed by atoms with Gasteiger partial charge >= 0.3 is 0 Å². The molecule has 6 rings (SSSR count). The third kappa shape index (κ3) is 6.80. The van der Waals surface area contributed by atoms with Crippen molar-refractivity contribution >= 4 is 9.84 Å². The summed E-state index contributed by atoms with van der Waals surface area (Å²) in [5, 5.41) is 21.5. The van der Waals surface area contributed by atoms with E-state index in [1.54, 1.807) is 12.1 Å². The van der Waals surface area contributed by atoms with Gasteiger partial charge in [-0.15, -0.1) is 0 Å². The van der Waals surface area contributed by atoms with Crippen LogP contribution in [0.2, 0.25) is 0 Å². The number of hydrogen-bond acceptors (Lipinski definition) is 7. The molecule has 0 radical (unpaired) electrons. The molecule has 5 aromatic rings. The molecule has 0 spiro atoms. The van der Waals surface area contributed by atoms with Crippen LogP contribution in [0.25, 0.3) is 0 Å². The fourth-order valence-corrected chi connectivity index (χ4v) is 8.13. The quantitative estimate of drug-likeness (QED) is 0.174. The molecule has 0 bridgehead atoms. The molecule has 2 N–H and O–H groups in total. The van der Waals surface area contributed by atoms with Gasteiger partial charge in [-0.1, -0.05) is 139 Å². The van der Waals surface area contributed by atoms with Crippen molar-refractivity contribution < 1.29 is 32.8 Å². The molecule has 5 aromatic carbocycles. The summed E-state index contributed by atoms with van der Waals surface area (Å²) in [6, 6.07) is 44.7. The van der Waals surface area contributed by atoms with E-state index < -0.39 is 45.3 Å². The lowest BCUT2D eigenvalue weighted by molar-refractivity contribution is -0.269. The second-order valence-corrected chi connectivity index (χ2v) is 13.8. The lowest BCUT2D eigenvalue weighted by Crippen LogP contribution is -2.62. The molecule has 47 heavy (non-hydrogen) atoms. The Morgan fingerprint density at radius 1 is 0.681 bits per heavy atom. The molecular weight excluding hydrogens is 612 g/mol. The molecule has 0 amide bonds. The van der Waals surface area contributed by atoms with Gasteiger partial charge in [0.25, 0.3) is 0 Å². The molecule has 1 fully saturated rings. The van der Waals surface area contributed by atoms with E-state index in [9.17, 15) is 18.6 Å². The molecule has 1 aliphatic rings. The van der Waals surface area contributed by atoms with Crippen LogP contribution in [0, 0.1) is 6.92 Å². The van der Waals surface area contributed by atoms with Gasteiger partial charge in [-0.2, -0.15) is 0 Å². The third-order valence-electron chi connectivity index (χ3n) is 8.63. The summed E-state index contributed by atoms with van der Waals surface area (Å²) in [6.07, 6.45) is -5.86. The number of ether oxygens (including phenoxy) is 3. The normalized spacial score (nSPS) is 21.7. The van der Waals surface area contributed by atoms with Crippen LogP contribution >= 0.6 is 0 Å². The largest absolute Gasteiger partial charge is 0.389 e. The first-order chi connectivity index (χ1) is 22.8. The maximum Gasteiger partial charge on any atom is 0.186 e. The number of rotatable bonds is 11. The van der Waals surface area contributed by atoms with Crippen LogP contribution in [-0.2, 0) is 36.3 Å². The Morgan fingerprint density at radius 3 is 1.64 bits per heavy atom. The predicted molar refractivity (Wildman–Crippen MR) is 179 cm³/mol. The topological polar surface area (TPSA) is 102 Å². The molecule has 8 heteroatoms. The fourth-order valence-electron chi connectivity index (χ4n) is 6.24. The Labute approximate surface area is 275 Å². The lowest BCUT2D eigenvalue weighted by Gasteiger charge is -2.44. The van der Waals surface area contributed by atoms with Gasteiger partial charge in [-0.05, 0) is 41.3 Å². The molecule has 0 aliphatic carbocycles. The fraction of sp³-hybridized carbons (Fsp3) is 0.231. The average Bonchev–Trinajstić information content (AvgIpc) is 3.10. The van der Waals surface area contributed by atoms with Crippen molar-refractivity contribution in [3.63, 3.8) is 0 Å². The van der Waals surface area contributed by atoms with Crippen molar-refractivity contribution in [2.24, 2.45) is 0 Å². The first kappa shape index (κ1) is 32.8. The highest BCUT2D eigenvalue weighted by atomic mass is 32.2. The molecular formula is C39H38O7S. The first-order valence-corrected chi connectivity index (χ1v) is 17.1. The molecule has 0 saturated carbocycles. The Kier molecular flexibility index (Phi) is 9.98. The molecule has 1 aliphatic heterocycles. The van der Waals surface area contributed by atoms with Crippen LogP contribution in [0.4, 0.5) is 0 Å². The maximum atomic E-state index is 14.3. The van der Waals surface area contributed by atoms with Gasteiger partial charge in [-0.3, -0.25) is 0 Å². The van der Waals surface area contributed by atoms with Gasteiger partial charge in [0.2, 0.25) is 0 Å². The van der Waals surface area contributed by atoms with Crippen LogP contribution in [0.1, 0.15) is 27.8 Å². The van der Waals surface area contributed by atoms with E-state index in [1.165, 1.54) is 12.1 Å². The number of aliphatic hydroxyl groups excluding tert-OH is 2. The number of benzene rings is 5. The van der Waals surface area contributed by atoms with E-state index in [-0.39, 0.29) is 18.1 Å². The summed E-state index contributed by atoms with van der Waals surface area (Å²) < 4.78 is 47.6. The summed E-state index contributed by atoms with van der Waals surface area (Å²) in [7, 11) is -4.22. The first-order valence-electron chi connectivity index (χ1n) is 15.6. The second-order valence-electron chi connectivity index (χ2n) is 11.7. The molecule has 1 saturated heterocycles. The number of sulfone groups is 1. The van der Waals surface area contributed by atoms with E-state index in [1.807, 2.05) is 128 Å². The Balaban J connectivity index is 1.40. The lowest BCUT2D eigenvalue weighted by atomic mass is 9.80.